The Morgan fingerprint density at radius 2 is 1.56 bits per heavy atom. The third kappa shape index (κ3) is 2.98. The molecule has 0 aliphatic heterocycles. The van der Waals surface area contributed by atoms with E-state index in [1.807, 2.05) is 0 Å². The summed E-state index contributed by atoms with van der Waals surface area (Å²) in [5, 5.41) is 0. The van der Waals surface area contributed by atoms with Gasteiger partial charge in [0.15, 0.2) is 11.6 Å². The minimum Gasteiger partial charge on any atom is -0.254 e. The zero-order chi connectivity index (χ0) is 13.1. The van der Waals surface area contributed by atoms with Crippen molar-refractivity contribution in [2.75, 3.05) is 0 Å². The molecule has 0 fully saturated rings. The van der Waals surface area contributed by atoms with Gasteiger partial charge >= 0.3 is 0 Å². The van der Waals surface area contributed by atoms with Gasteiger partial charge in [-0.1, -0.05) is 6.07 Å². The van der Waals surface area contributed by atoms with Gasteiger partial charge in [0.1, 0.15) is 5.82 Å². The Morgan fingerprint density at radius 3 is 2.17 bits per heavy atom. The lowest BCUT2D eigenvalue weighted by atomic mass is 10.2. The maximum Gasteiger partial charge on any atom is 0.159 e. The third-order valence-electron chi connectivity index (χ3n) is 2.36. The summed E-state index contributed by atoms with van der Waals surface area (Å²) in [5.74, 6) is -2.26. The third-order valence-corrected chi connectivity index (χ3v) is 3.75. The Labute approximate surface area is 105 Å². The van der Waals surface area contributed by atoms with Crippen LogP contribution < -0.4 is 0 Å². The predicted molar refractivity (Wildman–Crippen MR) is 62.9 cm³/mol. The quantitative estimate of drug-likeness (QED) is 0.835. The van der Waals surface area contributed by atoms with Crippen LogP contribution in [-0.4, -0.2) is 4.21 Å². The maximum atomic E-state index is 13.0. The largest absolute Gasteiger partial charge is 0.254 e. The molecule has 0 spiro atoms. The Kier molecular flexibility index (Phi) is 3.81. The first-order chi connectivity index (χ1) is 8.56. The molecule has 18 heavy (non-hydrogen) atoms. The van der Waals surface area contributed by atoms with Crippen molar-refractivity contribution in [3.05, 3.63) is 65.5 Å². The molecule has 1 atom stereocenters. The minimum atomic E-state index is -1.41. The van der Waals surface area contributed by atoms with Crippen molar-refractivity contribution in [1.82, 2.24) is 0 Å². The Hall–Kier alpha value is -1.62. The zero-order valence-electron chi connectivity index (χ0n) is 9.20. The molecule has 0 aliphatic carbocycles. The highest BCUT2D eigenvalue weighted by molar-refractivity contribution is 7.84. The van der Waals surface area contributed by atoms with E-state index in [1.54, 1.807) is 0 Å². The summed E-state index contributed by atoms with van der Waals surface area (Å²) < 4.78 is 50.3. The van der Waals surface area contributed by atoms with Crippen LogP contribution in [0.1, 0.15) is 5.56 Å². The van der Waals surface area contributed by atoms with E-state index in [-0.39, 0.29) is 5.75 Å². The van der Waals surface area contributed by atoms with Crippen LogP contribution in [0.4, 0.5) is 13.2 Å². The molecule has 1 unspecified atom stereocenters. The van der Waals surface area contributed by atoms with Gasteiger partial charge in [-0.25, -0.2) is 13.2 Å². The molecule has 1 nitrogen and oxygen atoms in total. The first-order valence-electron chi connectivity index (χ1n) is 5.14. The summed E-state index contributed by atoms with van der Waals surface area (Å²) in [4.78, 5) is 0.445. The van der Waals surface area contributed by atoms with Crippen LogP contribution in [0.3, 0.4) is 0 Å². The molecular formula is C13H9F3OS. The molecule has 0 saturated heterocycles. The first-order valence-corrected chi connectivity index (χ1v) is 6.46. The van der Waals surface area contributed by atoms with Crippen LogP contribution >= 0.6 is 0 Å². The van der Waals surface area contributed by atoms with Gasteiger partial charge in [-0.05, 0) is 42.0 Å². The minimum absolute atomic E-state index is 0.0584. The summed E-state index contributed by atoms with van der Waals surface area (Å²) in [6.45, 7) is 0. The van der Waals surface area contributed by atoms with Crippen LogP contribution in [0, 0.1) is 17.5 Å². The van der Waals surface area contributed by atoms with Crippen molar-refractivity contribution < 1.29 is 17.4 Å². The number of hydrogen-bond donors (Lipinski definition) is 0. The van der Waals surface area contributed by atoms with E-state index < -0.39 is 28.3 Å². The van der Waals surface area contributed by atoms with Gasteiger partial charge in [0.05, 0.1) is 16.6 Å². The second kappa shape index (κ2) is 5.35. The predicted octanol–water partition coefficient (Wildman–Crippen LogP) is 3.41. The summed E-state index contributed by atoms with van der Waals surface area (Å²) in [6.07, 6.45) is 0. The molecule has 2 aromatic carbocycles. The van der Waals surface area contributed by atoms with Crippen molar-refractivity contribution in [2.45, 2.75) is 10.6 Å². The molecule has 0 saturated carbocycles. The van der Waals surface area contributed by atoms with Crippen LogP contribution in [0.5, 0.6) is 0 Å². The summed E-state index contributed by atoms with van der Waals surface area (Å²) >= 11 is 0. The fourth-order valence-electron chi connectivity index (χ4n) is 1.45. The van der Waals surface area contributed by atoms with Crippen molar-refractivity contribution in [3.63, 3.8) is 0 Å². The lowest BCUT2D eigenvalue weighted by molar-refractivity contribution is 0.507. The van der Waals surface area contributed by atoms with Crippen molar-refractivity contribution in [3.8, 4) is 0 Å². The van der Waals surface area contributed by atoms with E-state index >= 15 is 0 Å². The molecule has 0 N–H and O–H groups in total. The molecule has 0 amide bonds. The molecule has 0 radical (unpaired) electrons. The van der Waals surface area contributed by atoms with Gasteiger partial charge in [-0.3, -0.25) is 4.21 Å². The second-order valence-corrected chi connectivity index (χ2v) is 5.14. The van der Waals surface area contributed by atoms with Gasteiger partial charge in [0.2, 0.25) is 0 Å². The van der Waals surface area contributed by atoms with E-state index in [0.29, 0.717) is 10.5 Å². The lowest BCUT2D eigenvalue weighted by Gasteiger charge is -2.03. The van der Waals surface area contributed by atoms with E-state index in [9.17, 15) is 17.4 Å². The topological polar surface area (TPSA) is 17.1 Å². The smallest absolute Gasteiger partial charge is 0.159 e. The summed E-state index contributed by atoms with van der Waals surface area (Å²) in [5.41, 5.74) is 0.427. The summed E-state index contributed by atoms with van der Waals surface area (Å²) in [6, 6.07) is 8.61. The molecule has 0 bridgehead atoms. The average Bonchev–Trinajstić information content (AvgIpc) is 2.34. The van der Waals surface area contributed by atoms with Crippen LogP contribution in [0.25, 0.3) is 0 Å². The van der Waals surface area contributed by atoms with E-state index in [4.69, 9.17) is 0 Å². The summed E-state index contributed by atoms with van der Waals surface area (Å²) in [7, 11) is -1.41. The Bertz CT molecular complexity index is 581. The van der Waals surface area contributed by atoms with Crippen molar-refractivity contribution in [1.29, 1.82) is 0 Å². The molecular weight excluding hydrogens is 261 g/mol. The SMILES string of the molecule is O=S(Cc1ccc(F)c(F)c1)c1ccc(F)cc1. The van der Waals surface area contributed by atoms with Gasteiger partial charge < -0.3 is 0 Å². The van der Waals surface area contributed by atoms with E-state index in [0.717, 1.165) is 12.1 Å². The van der Waals surface area contributed by atoms with E-state index in [1.165, 1.54) is 30.3 Å². The maximum absolute atomic E-state index is 13.0. The molecule has 0 aliphatic rings. The molecule has 5 heteroatoms. The molecule has 0 heterocycles. The number of hydrogen-bond acceptors (Lipinski definition) is 1. The normalized spacial score (nSPS) is 12.4. The van der Waals surface area contributed by atoms with Gasteiger partial charge in [-0.15, -0.1) is 0 Å². The van der Waals surface area contributed by atoms with Gasteiger partial charge in [0.25, 0.3) is 0 Å². The number of rotatable bonds is 3. The van der Waals surface area contributed by atoms with Crippen molar-refractivity contribution in [2.24, 2.45) is 0 Å². The second-order valence-electron chi connectivity index (χ2n) is 3.69. The van der Waals surface area contributed by atoms with Crippen LogP contribution in [0.2, 0.25) is 0 Å². The molecule has 94 valence electrons. The highest BCUT2D eigenvalue weighted by Gasteiger charge is 2.08. The fourth-order valence-corrected chi connectivity index (χ4v) is 2.54. The number of benzene rings is 2. The van der Waals surface area contributed by atoms with Crippen LogP contribution in [0.15, 0.2) is 47.4 Å². The highest BCUT2D eigenvalue weighted by Crippen LogP contribution is 2.15. The van der Waals surface area contributed by atoms with Gasteiger partial charge in [-0.2, -0.15) is 0 Å². The monoisotopic (exact) mass is 270 g/mol. The molecule has 2 rings (SSSR count). The van der Waals surface area contributed by atoms with Crippen molar-refractivity contribution >= 4 is 10.8 Å². The molecule has 2 aromatic rings. The highest BCUT2D eigenvalue weighted by atomic mass is 32.2. The Balaban J connectivity index is 2.16. The standard InChI is InChI=1S/C13H9F3OS/c14-10-2-4-11(5-3-10)18(17)8-9-1-6-12(15)13(16)7-9/h1-7H,8H2. The van der Waals surface area contributed by atoms with Crippen LogP contribution in [-0.2, 0) is 16.6 Å². The Morgan fingerprint density at radius 1 is 0.889 bits per heavy atom. The average molecular weight is 270 g/mol. The zero-order valence-corrected chi connectivity index (χ0v) is 10.0. The van der Waals surface area contributed by atoms with E-state index in [2.05, 4.69) is 0 Å². The van der Waals surface area contributed by atoms with Gasteiger partial charge in [0, 0.05) is 4.90 Å². The fraction of sp³-hybridized carbons (Fsp3) is 0.0769. The first kappa shape index (κ1) is 12.8. The number of halogens is 3. The molecule has 0 aromatic heterocycles. The lowest BCUT2D eigenvalue weighted by Crippen LogP contribution is -1.98.